The molecular formula is C10H8Cl2N2O2. The van der Waals surface area contributed by atoms with Crippen molar-refractivity contribution in [2.24, 2.45) is 0 Å². The standard InChI is InChI=1S/C10H8Cl2N2O2/c11-7-2-1-6(5-8(7)12)14-4-3-13-9(15)10(14)16/h1-2,5H,3-4H2,(H,13,15). The van der Waals surface area contributed by atoms with Crippen LogP contribution in [0.1, 0.15) is 0 Å². The van der Waals surface area contributed by atoms with Gasteiger partial charge in [0, 0.05) is 18.8 Å². The van der Waals surface area contributed by atoms with Gasteiger partial charge in [-0.1, -0.05) is 23.2 Å². The van der Waals surface area contributed by atoms with E-state index in [-0.39, 0.29) is 0 Å². The van der Waals surface area contributed by atoms with Crippen LogP contribution in [-0.4, -0.2) is 24.9 Å². The van der Waals surface area contributed by atoms with Gasteiger partial charge in [0.1, 0.15) is 0 Å². The summed E-state index contributed by atoms with van der Waals surface area (Å²) in [6.45, 7) is 0.868. The quantitative estimate of drug-likeness (QED) is 0.776. The van der Waals surface area contributed by atoms with Crippen molar-refractivity contribution in [1.82, 2.24) is 5.32 Å². The van der Waals surface area contributed by atoms with E-state index in [1.807, 2.05) is 0 Å². The largest absolute Gasteiger partial charge is 0.346 e. The molecule has 0 atom stereocenters. The minimum atomic E-state index is -0.600. The Morgan fingerprint density at radius 1 is 1.19 bits per heavy atom. The van der Waals surface area contributed by atoms with Crippen LogP contribution in [0.5, 0.6) is 0 Å². The molecule has 1 heterocycles. The third-order valence-electron chi connectivity index (χ3n) is 2.28. The molecule has 84 valence electrons. The van der Waals surface area contributed by atoms with Crippen molar-refractivity contribution in [3.63, 3.8) is 0 Å². The Balaban J connectivity index is 2.32. The first-order chi connectivity index (χ1) is 7.59. The van der Waals surface area contributed by atoms with Crippen molar-refractivity contribution in [2.45, 2.75) is 0 Å². The van der Waals surface area contributed by atoms with E-state index in [2.05, 4.69) is 5.32 Å². The molecule has 16 heavy (non-hydrogen) atoms. The lowest BCUT2D eigenvalue weighted by Crippen LogP contribution is -2.52. The van der Waals surface area contributed by atoms with E-state index in [1.54, 1.807) is 18.2 Å². The zero-order valence-electron chi connectivity index (χ0n) is 8.17. The predicted octanol–water partition coefficient (Wildman–Crippen LogP) is 1.46. The fraction of sp³-hybridized carbons (Fsp3) is 0.200. The van der Waals surface area contributed by atoms with Gasteiger partial charge in [0.25, 0.3) is 0 Å². The molecule has 0 aromatic heterocycles. The Morgan fingerprint density at radius 2 is 1.94 bits per heavy atom. The first-order valence-electron chi connectivity index (χ1n) is 4.64. The number of halogens is 2. The minimum absolute atomic E-state index is 0.359. The maximum atomic E-state index is 11.6. The lowest BCUT2D eigenvalue weighted by Gasteiger charge is -2.26. The number of benzene rings is 1. The summed E-state index contributed by atoms with van der Waals surface area (Å²) in [7, 11) is 0. The molecule has 1 aromatic rings. The highest BCUT2D eigenvalue weighted by Gasteiger charge is 2.27. The van der Waals surface area contributed by atoms with Crippen LogP contribution in [-0.2, 0) is 9.59 Å². The third-order valence-corrected chi connectivity index (χ3v) is 3.01. The zero-order valence-corrected chi connectivity index (χ0v) is 9.68. The summed E-state index contributed by atoms with van der Waals surface area (Å²) in [4.78, 5) is 24.1. The number of anilines is 1. The summed E-state index contributed by atoms with van der Waals surface area (Å²) in [6, 6.07) is 4.82. The van der Waals surface area contributed by atoms with Crippen LogP contribution >= 0.6 is 23.2 Å². The lowest BCUT2D eigenvalue weighted by atomic mass is 10.2. The monoisotopic (exact) mass is 258 g/mol. The molecule has 0 unspecified atom stereocenters. The van der Waals surface area contributed by atoms with E-state index in [4.69, 9.17) is 23.2 Å². The number of nitrogens with one attached hydrogen (secondary N) is 1. The van der Waals surface area contributed by atoms with Gasteiger partial charge in [0.05, 0.1) is 10.0 Å². The first-order valence-corrected chi connectivity index (χ1v) is 5.40. The molecule has 1 aromatic carbocycles. The highest BCUT2D eigenvalue weighted by molar-refractivity contribution is 6.43. The Labute approximate surface area is 102 Å². The molecule has 2 rings (SSSR count). The van der Waals surface area contributed by atoms with Crippen LogP contribution in [0.3, 0.4) is 0 Å². The second-order valence-electron chi connectivity index (χ2n) is 3.31. The van der Waals surface area contributed by atoms with Crippen molar-refractivity contribution in [3.05, 3.63) is 28.2 Å². The SMILES string of the molecule is O=C1NCCN(c2ccc(Cl)c(Cl)c2)C1=O. The summed E-state index contributed by atoms with van der Waals surface area (Å²) < 4.78 is 0. The molecular weight excluding hydrogens is 251 g/mol. The number of amides is 2. The Morgan fingerprint density at radius 3 is 2.62 bits per heavy atom. The summed E-state index contributed by atoms with van der Waals surface area (Å²) in [5.74, 6) is -1.18. The summed E-state index contributed by atoms with van der Waals surface area (Å²) in [5, 5.41) is 3.24. The average Bonchev–Trinajstić information content (AvgIpc) is 2.26. The Hall–Kier alpha value is -1.26. The Bertz CT molecular complexity index is 462. The number of rotatable bonds is 1. The second kappa shape index (κ2) is 4.31. The fourth-order valence-corrected chi connectivity index (χ4v) is 1.77. The molecule has 0 bridgehead atoms. The van der Waals surface area contributed by atoms with Crippen molar-refractivity contribution in [3.8, 4) is 0 Å². The maximum Gasteiger partial charge on any atom is 0.316 e. The molecule has 2 amide bonds. The van der Waals surface area contributed by atoms with Gasteiger partial charge in [-0.15, -0.1) is 0 Å². The molecule has 0 radical (unpaired) electrons. The molecule has 0 spiro atoms. The van der Waals surface area contributed by atoms with Crippen molar-refractivity contribution >= 4 is 40.7 Å². The minimum Gasteiger partial charge on any atom is -0.346 e. The van der Waals surface area contributed by atoms with Crippen LogP contribution in [0.25, 0.3) is 0 Å². The smallest absolute Gasteiger partial charge is 0.316 e. The van der Waals surface area contributed by atoms with Crippen molar-refractivity contribution < 1.29 is 9.59 Å². The van der Waals surface area contributed by atoms with E-state index in [0.717, 1.165) is 0 Å². The van der Waals surface area contributed by atoms with Crippen molar-refractivity contribution in [2.75, 3.05) is 18.0 Å². The molecule has 1 fully saturated rings. The maximum absolute atomic E-state index is 11.6. The zero-order chi connectivity index (χ0) is 11.7. The molecule has 6 heteroatoms. The number of piperazine rings is 1. The van der Waals surface area contributed by atoms with Gasteiger partial charge >= 0.3 is 11.8 Å². The topological polar surface area (TPSA) is 49.4 Å². The van der Waals surface area contributed by atoms with Crippen LogP contribution in [0.4, 0.5) is 5.69 Å². The lowest BCUT2D eigenvalue weighted by molar-refractivity contribution is -0.138. The summed E-state index contributed by atoms with van der Waals surface area (Å²) in [6.07, 6.45) is 0. The van der Waals surface area contributed by atoms with Crippen LogP contribution in [0.15, 0.2) is 18.2 Å². The predicted molar refractivity (Wildman–Crippen MR) is 61.8 cm³/mol. The first kappa shape index (κ1) is 11.2. The Kier molecular flexibility index (Phi) is 3.03. The van der Waals surface area contributed by atoms with Crippen LogP contribution < -0.4 is 10.2 Å². The average molecular weight is 259 g/mol. The van der Waals surface area contributed by atoms with Gasteiger partial charge in [0.15, 0.2) is 0 Å². The molecule has 1 saturated heterocycles. The van der Waals surface area contributed by atoms with Crippen molar-refractivity contribution in [1.29, 1.82) is 0 Å². The van der Waals surface area contributed by atoms with Gasteiger partial charge in [0.2, 0.25) is 0 Å². The van der Waals surface area contributed by atoms with E-state index in [9.17, 15) is 9.59 Å². The number of carbonyl (C=O) groups excluding carboxylic acids is 2. The highest BCUT2D eigenvalue weighted by Crippen LogP contribution is 2.27. The van der Waals surface area contributed by atoms with Gasteiger partial charge in [-0.25, -0.2) is 0 Å². The number of nitrogens with zero attached hydrogens (tertiary/aromatic N) is 1. The van der Waals surface area contributed by atoms with E-state index >= 15 is 0 Å². The van der Waals surface area contributed by atoms with Gasteiger partial charge in [-0.2, -0.15) is 0 Å². The van der Waals surface area contributed by atoms with Crippen LogP contribution in [0, 0.1) is 0 Å². The van der Waals surface area contributed by atoms with Crippen LogP contribution in [0.2, 0.25) is 10.0 Å². The fourth-order valence-electron chi connectivity index (χ4n) is 1.48. The third kappa shape index (κ3) is 1.99. The molecule has 0 aliphatic carbocycles. The molecule has 1 aliphatic heterocycles. The normalized spacial score (nSPS) is 16.2. The van der Waals surface area contributed by atoms with Gasteiger partial charge in [-0.05, 0) is 18.2 Å². The summed E-state index contributed by atoms with van der Waals surface area (Å²) in [5.41, 5.74) is 0.578. The second-order valence-corrected chi connectivity index (χ2v) is 4.13. The van der Waals surface area contributed by atoms with E-state index in [0.29, 0.717) is 28.8 Å². The van der Waals surface area contributed by atoms with E-state index in [1.165, 1.54) is 4.90 Å². The number of hydrogen-bond acceptors (Lipinski definition) is 2. The molecule has 1 aliphatic rings. The van der Waals surface area contributed by atoms with Gasteiger partial charge < -0.3 is 10.2 Å². The highest BCUT2D eigenvalue weighted by atomic mass is 35.5. The molecule has 0 saturated carbocycles. The van der Waals surface area contributed by atoms with E-state index < -0.39 is 11.8 Å². The molecule has 1 N–H and O–H groups in total. The van der Waals surface area contributed by atoms with Gasteiger partial charge in [-0.3, -0.25) is 9.59 Å². The summed E-state index contributed by atoms with van der Waals surface area (Å²) >= 11 is 11.6. The number of carbonyl (C=O) groups is 2. The molecule has 4 nitrogen and oxygen atoms in total. The number of hydrogen-bond donors (Lipinski definition) is 1.